The van der Waals surface area contributed by atoms with E-state index < -0.39 is 23.6 Å². The van der Waals surface area contributed by atoms with Crippen LogP contribution in [0.5, 0.6) is 0 Å². The Hall–Kier alpha value is -1.49. The van der Waals surface area contributed by atoms with Crippen molar-refractivity contribution in [1.82, 2.24) is 0 Å². The molecule has 0 aromatic heterocycles. The Morgan fingerprint density at radius 3 is 2.47 bits per heavy atom. The van der Waals surface area contributed by atoms with E-state index in [2.05, 4.69) is 0 Å². The molecule has 0 fully saturated rings. The molecule has 1 aromatic rings. The number of amides is 1. The number of aliphatic hydroxyl groups is 1. The molecule has 1 aromatic carbocycles. The molecule has 0 heterocycles. The lowest BCUT2D eigenvalue weighted by Crippen LogP contribution is -2.34. The molecule has 15 heavy (non-hydrogen) atoms. The van der Waals surface area contributed by atoms with Gasteiger partial charge in [-0.1, -0.05) is 0 Å². The maximum Gasteiger partial charge on any atom is 0.255 e. The highest BCUT2D eigenvalue weighted by atomic mass is 19.2. The van der Waals surface area contributed by atoms with Crippen molar-refractivity contribution >= 4 is 11.6 Å². The molecule has 0 bridgehead atoms. The van der Waals surface area contributed by atoms with Crippen molar-refractivity contribution in [3.63, 3.8) is 0 Å². The van der Waals surface area contributed by atoms with Crippen LogP contribution >= 0.6 is 0 Å². The predicted molar refractivity (Wildman–Crippen MR) is 51.4 cm³/mol. The number of rotatable bonds is 2. The highest BCUT2D eigenvalue weighted by molar-refractivity contribution is 5.95. The third-order valence-electron chi connectivity index (χ3n) is 1.98. The first-order valence-electron chi connectivity index (χ1n) is 4.34. The van der Waals surface area contributed by atoms with E-state index >= 15 is 0 Å². The van der Waals surface area contributed by atoms with Gasteiger partial charge in [0.1, 0.15) is 6.10 Å². The van der Waals surface area contributed by atoms with Gasteiger partial charge in [0.15, 0.2) is 11.6 Å². The van der Waals surface area contributed by atoms with Crippen LogP contribution in [0.3, 0.4) is 0 Å². The number of carbonyl (C=O) groups excluding carboxylic acids is 1. The normalized spacial score (nSPS) is 12.3. The molecule has 0 spiro atoms. The minimum absolute atomic E-state index is 0.194. The van der Waals surface area contributed by atoms with Gasteiger partial charge in [0.25, 0.3) is 5.91 Å². The van der Waals surface area contributed by atoms with Crippen LogP contribution in [-0.2, 0) is 4.79 Å². The summed E-state index contributed by atoms with van der Waals surface area (Å²) in [6.07, 6.45) is -1.18. The third-order valence-corrected chi connectivity index (χ3v) is 1.98. The molecule has 0 saturated carbocycles. The fourth-order valence-electron chi connectivity index (χ4n) is 1.10. The summed E-state index contributed by atoms with van der Waals surface area (Å²) in [6, 6.07) is 3.09. The Labute approximate surface area is 85.9 Å². The molecule has 0 aliphatic rings. The fraction of sp³-hybridized carbons (Fsp3) is 0.300. The zero-order chi connectivity index (χ0) is 11.6. The predicted octanol–water partition coefficient (Wildman–Crippen LogP) is 1.31. The Bertz CT molecular complexity index is 380. The summed E-state index contributed by atoms with van der Waals surface area (Å²) < 4.78 is 25.4. The van der Waals surface area contributed by atoms with Crippen LogP contribution in [0.1, 0.15) is 6.92 Å². The Kier molecular flexibility index (Phi) is 3.36. The van der Waals surface area contributed by atoms with Crippen LogP contribution in [0.15, 0.2) is 18.2 Å². The molecule has 0 saturated heterocycles. The summed E-state index contributed by atoms with van der Waals surface area (Å²) in [4.78, 5) is 12.4. The van der Waals surface area contributed by atoms with Crippen molar-refractivity contribution < 1.29 is 18.7 Å². The van der Waals surface area contributed by atoms with E-state index in [-0.39, 0.29) is 5.69 Å². The molecular formula is C10H11F2NO2. The maximum atomic E-state index is 12.8. The summed E-state index contributed by atoms with van der Waals surface area (Å²) in [7, 11) is 1.38. The van der Waals surface area contributed by atoms with Crippen LogP contribution in [-0.4, -0.2) is 24.2 Å². The lowest BCUT2D eigenvalue weighted by molar-refractivity contribution is -0.125. The van der Waals surface area contributed by atoms with Crippen LogP contribution in [0.25, 0.3) is 0 Å². The van der Waals surface area contributed by atoms with Gasteiger partial charge in [-0.3, -0.25) is 4.79 Å². The first kappa shape index (κ1) is 11.6. The summed E-state index contributed by atoms with van der Waals surface area (Å²) in [5, 5.41) is 9.02. The fourth-order valence-corrected chi connectivity index (χ4v) is 1.10. The van der Waals surface area contributed by atoms with E-state index in [4.69, 9.17) is 5.11 Å². The first-order valence-corrected chi connectivity index (χ1v) is 4.34. The van der Waals surface area contributed by atoms with Gasteiger partial charge >= 0.3 is 0 Å². The van der Waals surface area contributed by atoms with Gasteiger partial charge in [-0.05, 0) is 19.1 Å². The van der Waals surface area contributed by atoms with Crippen LogP contribution in [0.2, 0.25) is 0 Å². The number of carbonyl (C=O) groups is 1. The Balaban J connectivity index is 2.97. The molecule has 0 aliphatic heterocycles. The van der Waals surface area contributed by atoms with E-state index in [0.717, 1.165) is 17.0 Å². The topological polar surface area (TPSA) is 40.5 Å². The van der Waals surface area contributed by atoms with E-state index in [1.807, 2.05) is 0 Å². The quantitative estimate of drug-likeness (QED) is 0.808. The van der Waals surface area contributed by atoms with Crippen LogP contribution in [0, 0.1) is 11.6 Å². The Morgan fingerprint density at radius 2 is 2.00 bits per heavy atom. The second-order valence-electron chi connectivity index (χ2n) is 3.17. The van der Waals surface area contributed by atoms with Crippen molar-refractivity contribution in [2.24, 2.45) is 0 Å². The second kappa shape index (κ2) is 4.35. The minimum atomic E-state index is -1.18. The average molecular weight is 215 g/mol. The van der Waals surface area contributed by atoms with Crippen molar-refractivity contribution in [3.8, 4) is 0 Å². The van der Waals surface area contributed by atoms with Crippen molar-refractivity contribution in [1.29, 1.82) is 0 Å². The minimum Gasteiger partial charge on any atom is -0.384 e. The summed E-state index contributed by atoms with van der Waals surface area (Å²) >= 11 is 0. The summed E-state index contributed by atoms with van der Waals surface area (Å²) in [5.41, 5.74) is 0.194. The molecule has 5 heteroatoms. The van der Waals surface area contributed by atoms with E-state index in [1.54, 1.807) is 0 Å². The molecule has 1 unspecified atom stereocenters. The van der Waals surface area contributed by atoms with Gasteiger partial charge in [0.05, 0.1) is 0 Å². The van der Waals surface area contributed by atoms with E-state index in [1.165, 1.54) is 20.0 Å². The SMILES string of the molecule is CC(O)C(=O)N(C)c1ccc(F)c(F)c1. The largest absolute Gasteiger partial charge is 0.384 e. The standard InChI is InChI=1S/C10H11F2NO2/c1-6(14)10(15)13(2)7-3-4-8(11)9(12)5-7/h3-6,14H,1-2H3. The lowest BCUT2D eigenvalue weighted by Gasteiger charge is -2.18. The number of likely N-dealkylation sites (N-methyl/N-ethyl adjacent to an activating group) is 1. The Morgan fingerprint density at radius 1 is 1.40 bits per heavy atom. The third kappa shape index (κ3) is 2.50. The van der Waals surface area contributed by atoms with Gasteiger partial charge in [-0.15, -0.1) is 0 Å². The highest BCUT2D eigenvalue weighted by Crippen LogP contribution is 2.17. The molecule has 82 valence electrons. The van der Waals surface area contributed by atoms with E-state index in [0.29, 0.717) is 0 Å². The van der Waals surface area contributed by atoms with Gasteiger partial charge in [0, 0.05) is 18.8 Å². The van der Waals surface area contributed by atoms with Crippen LogP contribution < -0.4 is 4.90 Å². The molecule has 1 N–H and O–H groups in total. The van der Waals surface area contributed by atoms with Gasteiger partial charge in [0.2, 0.25) is 0 Å². The summed E-state index contributed by atoms with van der Waals surface area (Å²) in [6.45, 7) is 1.30. The molecule has 0 radical (unpaired) electrons. The van der Waals surface area contributed by atoms with Crippen molar-refractivity contribution in [3.05, 3.63) is 29.8 Å². The zero-order valence-corrected chi connectivity index (χ0v) is 8.37. The summed E-state index contributed by atoms with van der Waals surface area (Å²) in [5.74, 6) is -2.59. The number of hydrogen-bond acceptors (Lipinski definition) is 2. The molecular weight excluding hydrogens is 204 g/mol. The molecule has 1 atom stereocenters. The van der Waals surface area contributed by atoms with Gasteiger partial charge in [-0.2, -0.15) is 0 Å². The molecule has 3 nitrogen and oxygen atoms in total. The van der Waals surface area contributed by atoms with Crippen LogP contribution in [0.4, 0.5) is 14.5 Å². The molecule has 1 rings (SSSR count). The van der Waals surface area contributed by atoms with Gasteiger partial charge in [-0.25, -0.2) is 8.78 Å². The lowest BCUT2D eigenvalue weighted by atomic mass is 10.2. The molecule has 1 amide bonds. The first-order chi connectivity index (χ1) is 6.93. The number of halogens is 2. The maximum absolute atomic E-state index is 12.8. The van der Waals surface area contributed by atoms with Gasteiger partial charge < -0.3 is 10.0 Å². The second-order valence-corrected chi connectivity index (χ2v) is 3.17. The average Bonchev–Trinajstić information content (AvgIpc) is 2.19. The number of nitrogens with zero attached hydrogens (tertiary/aromatic N) is 1. The monoisotopic (exact) mass is 215 g/mol. The smallest absolute Gasteiger partial charge is 0.255 e. The highest BCUT2D eigenvalue weighted by Gasteiger charge is 2.17. The van der Waals surface area contributed by atoms with Crippen molar-refractivity contribution in [2.45, 2.75) is 13.0 Å². The van der Waals surface area contributed by atoms with Crippen molar-refractivity contribution in [2.75, 3.05) is 11.9 Å². The molecule has 0 aliphatic carbocycles. The van der Waals surface area contributed by atoms with E-state index in [9.17, 15) is 13.6 Å². The number of benzene rings is 1. The number of hydrogen-bond donors (Lipinski definition) is 1. The number of aliphatic hydroxyl groups excluding tert-OH is 1. The number of anilines is 1. The zero-order valence-electron chi connectivity index (χ0n) is 8.37.